The molecule has 0 saturated carbocycles. The largest absolute Gasteiger partial charge is 0.381 e. The molecule has 0 radical (unpaired) electrons. The van der Waals surface area contributed by atoms with Crippen LogP contribution < -0.4 is 10.0 Å². The maximum absolute atomic E-state index is 13.4. The van der Waals surface area contributed by atoms with Crippen LogP contribution in [-0.4, -0.2) is 8.42 Å². The van der Waals surface area contributed by atoms with E-state index >= 15 is 0 Å². The topological polar surface area (TPSA) is 58.2 Å². The second kappa shape index (κ2) is 7.80. The van der Waals surface area contributed by atoms with E-state index in [9.17, 15) is 12.8 Å². The van der Waals surface area contributed by atoms with Crippen LogP contribution >= 0.6 is 0 Å². The lowest BCUT2D eigenvalue weighted by molar-refractivity contribution is 0.598. The smallest absolute Gasteiger partial charge is 0.261 e. The molecule has 0 saturated heterocycles. The first-order chi connectivity index (χ1) is 12.8. The van der Waals surface area contributed by atoms with Gasteiger partial charge in [0.15, 0.2) is 0 Å². The molecule has 4 nitrogen and oxygen atoms in total. The molecule has 0 aliphatic rings. The monoisotopic (exact) mass is 384 g/mol. The van der Waals surface area contributed by atoms with Crippen molar-refractivity contribution in [1.29, 1.82) is 0 Å². The minimum Gasteiger partial charge on any atom is -0.381 e. The van der Waals surface area contributed by atoms with Crippen molar-refractivity contribution >= 4 is 21.4 Å². The number of hydrogen-bond donors (Lipinski definition) is 2. The third-order valence-electron chi connectivity index (χ3n) is 4.19. The fourth-order valence-electron chi connectivity index (χ4n) is 2.56. The molecule has 0 fully saturated rings. The van der Waals surface area contributed by atoms with Crippen LogP contribution in [0, 0.1) is 19.7 Å². The molecule has 3 aromatic rings. The van der Waals surface area contributed by atoms with Gasteiger partial charge in [0.25, 0.3) is 10.0 Å². The van der Waals surface area contributed by atoms with Crippen LogP contribution in [0.15, 0.2) is 71.6 Å². The number of sulfonamides is 1. The Kier molecular flexibility index (Phi) is 5.46. The molecule has 27 heavy (non-hydrogen) atoms. The summed E-state index contributed by atoms with van der Waals surface area (Å²) in [6.45, 7) is 4.26. The third kappa shape index (κ3) is 4.86. The standard InChI is InChI=1S/C21H21FN2O2S/c1-15-3-5-17(6-4-15)14-23-18-7-9-19(10-8-18)24-27(25,26)20-11-12-21(22)16(2)13-20/h3-13,23-24H,14H2,1-2H3. The summed E-state index contributed by atoms with van der Waals surface area (Å²) >= 11 is 0. The SMILES string of the molecule is Cc1ccc(CNc2ccc(NS(=O)(=O)c3ccc(F)c(C)c3)cc2)cc1. The highest BCUT2D eigenvalue weighted by molar-refractivity contribution is 7.92. The van der Waals surface area contributed by atoms with E-state index in [1.54, 1.807) is 12.1 Å². The number of nitrogens with one attached hydrogen (secondary N) is 2. The minimum absolute atomic E-state index is 0.0305. The maximum atomic E-state index is 13.4. The van der Waals surface area contributed by atoms with Crippen LogP contribution in [0.4, 0.5) is 15.8 Å². The summed E-state index contributed by atoms with van der Waals surface area (Å²) in [5.41, 5.74) is 3.99. The predicted octanol–water partition coefficient (Wildman–Crippen LogP) is 4.86. The fraction of sp³-hybridized carbons (Fsp3) is 0.143. The van der Waals surface area contributed by atoms with Crippen molar-refractivity contribution in [2.45, 2.75) is 25.3 Å². The average Bonchev–Trinajstić information content (AvgIpc) is 2.64. The van der Waals surface area contributed by atoms with Gasteiger partial charge in [0, 0.05) is 17.9 Å². The zero-order valence-electron chi connectivity index (χ0n) is 15.2. The summed E-state index contributed by atoms with van der Waals surface area (Å²) in [4.78, 5) is 0.0305. The molecule has 140 valence electrons. The van der Waals surface area contributed by atoms with Gasteiger partial charge in [-0.3, -0.25) is 4.72 Å². The van der Waals surface area contributed by atoms with Crippen molar-refractivity contribution in [2.75, 3.05) is 10.0 Å². The summed E-state index contributed by atoms with van der Waals surface area (Å²) in [6, 6.07) is 19.0. The van der Waals surface area contributed by atoms with Gasteiger partial charge in [-0.2, -0.15) is 0 Å². The van der Waals surface area contributed by atoms with Gasteiger partial charge >= 0.3 is 0 Å². The summed E-state index contributed by atoms with van der Waals surface area (Å²) < 4.78 is 40.7. The van der Waals surface area contributed by atoms with Gasteiger partial charge in [0.1, 0.15) is 5.82 Å². The summed E-state index contributed by atoms with van der Waals surface area (Å²) in [5, 5.41) is 3.30. The first-order valence-corrected chi connectivity index (χ1v) is 10.0. The molecule has 0 atom stereocenters. The van der Waals surface area contributed by atoms with Crippen molar-refractivity contribution in [3.63, 3.8) is 0 Å². The Morgan fingerprint density at radius 1 is 0.852 bits per heavy atom. The zero-order valence-corrected chi connectivity index (χ0v) is 16.0. The summed E-state index contributed by atoms with van der Waals surface area (Å²) in [7, 11) is -3.76. The molecule has 0 aromatic heterocycles. The lowest BCUT2D eigenvalue weighted by Crippen LogP contribution is -2.13. The van der Waals surface area contributed by atoms with E-state index in [-0.39, 0.29) is 10.5 Å². The first-order valence-electron chi connectivity index (χ1n) is 8.52. The Hall–Kier alpha value is -2.86. The number of anilines is 2. The molecular formula is C21H21FN2O2S. The third-order valence-corrected chi connectivity index (χ3v) is 5.57. The Morgan fingerprint density at radius 3 is 2.11 bits per heavy atom. The Labute approximate surface area is 159 Å². The number of benzene rings is 3. The summed E-state index contributed by atoms with van der Waals surface area (Å²) in [6.07, 6.45) is 0. The lowest BCUT2D eigenvalue weighted by Gasteiger charge is -2.11. The Morgan fingerprint density at radius 2 is 1.48 bits per heavy atom. The first kappa shape index (κ1) is 18.9. The predicted molar refractivity (Wildman–Crippen MR) is 107 cm³/mol. The molecule has 0 heterocycles. The minimum atomic E-state index is -3.76. The number of aryl methyl sites for hydroxylation is 2. The second-order valence-electron chi connectivity index (χ2n) is 6.43. The van der Waals surface area contributed by atoms with Crippen molar-refractivity contribution < 1.29 is 12.8 Å². The Balaban J connectivity index is 1.66. The van der Waals surface area contributed by atoms with E-state index in [0.29, 0.717) is 12.2 Å². The Bertz CT molecular complexity index is 1030. The quantitative estimate of drug-likeness (QED) is 0.638. The number of hydrogen-bond acceptors (Lipinski definition) is 3. The van der Waals surface area contributed by atoms with E-state index in [1.807, 2.05) is 19.1 Å². The fourth-order valence-corrected chi connectivity index (χ4v) is 3.71. The van der Waals surface area contributed by atoms with Crippen molar-refractivity contribution in [1.82, 2.24) is 0 Å². The van der Waals surface area contributed by atoms with E-state index in [1.165, 1.54) is 24.6 Å². The van der Waals surface area contributed by atoms with Crippen LogP contribution in [-0.2, 0) is 16.6 Å². The van der Waals surface area contributed by atoms with Gasteiger partial charge in [-0.05, 0) is 67.4 Å². The van der Waals surface area contributed by atoms with Crippen molar-refractivity contribution in [3.05, 3.63) is 89.2 Å². The average molecular weight is 384 g/mol. The molecule has 2 N–H and O–H groups in total. The van der Waals surface area contributed by atoms with Gasteiger partial charge in [-0.15, -0.1) is 0 Å². The molecule has 6 heteroatoms. The van der Waals surface area contributed by atoms with Crippen LogP contribution in [0.3, 0.4) is 0 Å². The zero-order chi connectivity index (χ0) is 19.4. The lowest BCUT2D eigenvalue weighted by atomic mass is 10.1. The highest BCUT2D eigenvalue weighted by atomic mass is 32.2. The van der Waals surface area contributed by atoms with E-state index < -0.39 is 15.8 Å². The molecule has 0 amide bonds. The van der Waals surface area contributed by atoms with Crippen LogP contribution in [0.2, 0.25) is 0 Å². The summed E-state index contributed by atoms with van der Waals surface area (Å²) in [5.74, 6) is -0.432. The van der Waals surface area contributed by atoms with Gasteiger partial charge < -0.3 is 5.32 Å². The number of rotatable bonds is 6. The van der Waals surface area contributed by atoms with Gasteiger partial charge in [0.2, 0.25) is 0 Å². The van der Waals surface area contributed by atoms with Crippen LogP contribution in [0.5, 0.6) is 0 Å². The van der Waals surface area contributed by atoms with Gasteiger partial charge in [-0.1, -0.05) is 29.8 Å². The van der Waals surface area contributed by atoms with E-state index in [0.717, 1.165) is 17.3 Å². The molecule has 3 rings (SSSR count). The van der Waals surface area contributed by atoms with Crippen molar-refractivity contribution in [2.24, 2.45) is 0 Å². The maximum Gasteiger partial charge on any atom is 0.261 e. The second-order valence-corrected chi connectivity index (χ2v) is 8.12. The van der Waals surface area contributed by atoms with E-state index in [2.05, 4.69) is 34.3 Å². The molecule has 0 aliphatic carbocycles. The van der Waals surface area contributed by atoms with Gasteiger partial charge in [0.05, 0.1) is 4.90 Å². The van der Waals surface area contributed by atoms with E-state index in [4.69, 9.17) is 0 Å². The van der Waals surface area contributed by atoms with Gasteiger partial charge in [-0.25, -0.2) is 12.8 Å². The highest BCUT2D eigenvalue weighted by Gasteiger charge is 2.15. The molecule has 0 bridgehead atoms. The normalized spacial score (nSPS) is 11.2. The molecule has 0 unspecified atom stereocenters. The van der Waals surface area contributed by atoms with Crippen molar-refractivity contribution in [3.8, 4) is 0 Å². The van der Waals surface area contributed by atoms with Crippen LogP contribution in [0.25, 0.3) is 0 Å². The molecule has 0 aliphatic heterocycles. The molecule has 3 aromatic carbocycles. The molecule has 0 spiro atoms. The molecular weight excluding hydrogens is 363 g/mol. The number of halogens is 1. The highest BCUT2D eigenvalue weighted by Crippen LogP contribution is 2.20. The van der Waals surface area contributed by atoms with Crippen LogP contribution in [0.1, 0.15) is 16.7 Å².